The van der Waals surface area contributed by atoms with Gasteiger partial charge in [0.15, 0.2) is 9.84 Å². The minimum atomic E-state index is -2.80. The molecule has 14 heavy (non-hydrogen) atoms. The zero-order chi connectivity index (χ0) is 10.2. The summed E-state index contributed by atoms with van der Waals surface area (Å²) in [6, 6.07) is 0. The number of hydrogen-bond donors (Lipinski definition) is 1. The van der Waals surface area contributed by atoms with Gasteiger partial charge >= 0.3 is 0 Å². The Balaban J connectivity index is 1.92. The molecule has 82 valence electrons. The van der Waals surface area contributed by atoms with E-state index >= 15 is 0 Å². The van der Waals surface area contributed by atoms with Crippen LogP contribution < -0.4 is 0 Å². The maximum atomic E-state index is 11.4. The molecule has 3 nitrogen and oxygen atoms in total. The summed E-state index contributed by atoms with van der Waals surface area (Å²) in [5.74, 6) is 0.857. The summed E-state index contributed by atoms with van der Waals surface area (Å²) in [7, 11) is -2.80. The van der Waals surface area contributed by atoms with Crippen molar-refractivity contribution in [2.24, 2.45) is 5.92 Å². The van der Waals surface area contributed by atoms with Crippen molar-refractivity contribution in [2.45, 2.75) is 44.1 Å². The van der Waals surface area contributed by atoms with E-state index in [1.165, 1.54) is 0 Å². The van der Waals surface area contributed by atoms with Gasteiger partial charge in [-0.25, -0.2) is 8.42 Å². The molecule has 4 heteroatoms. The third kappa shape index (κ3) is 2.28. The van der Waals surface area contributed by atoms with E-state index in [-0.39, 0.29) is 5.92 Å². The van der Waals surface area contributed by atoms with E-state index in [9.17, 15) is 13.5 Å². The van der Waals surface area contributed by atoms with E-state index in [4.69, 9.17) is 0 Å². The van der Waals surface area contributed by atoms with Gasteiger partial charge in [0.05, 0.1) is 17.1 Å². The van der Waals surface area contributed by atoms with Crippen molar-refractivity contribution in [1.82, 2.24) is 0 Å². The largest absolute Gasteiger partial charge is 0.390 e. The SMILES string of the molecule is O=S1(=O)CCCC(CC2(O)CCC2)C1. The molecule has 1 N–H and O–H groups in total. The number of rotatable bonds is 2. The predicted molar refractivity (Wildman–Crippen MR) is 54.8 cm³/mol. The molecule has 0 spiro atoms. The van der Waals surface area contributed by atoms with Crippen molar-refractivity contribution in [2.75, 3.05) is 11.5 Å². The zero-order valence-electron chi connectivity index (χ0n) is 8.41. The highest BCUT2D eigenvalue weighted by atomic mass is 32.2. The lowest BCUT2D eigenvalue weighted by atomic mass is 9.74. The summed E-state index contributed by atoms with van der Waals surface area (Å²) in [5, 5.41) is 9.94. The molecule has 2 aliphatic rings. The molecular formula is C10H18O3S. The van der Waals surface area contributed by atoms with E-state index < -0.39 is 15.4 Å². The monoisotopic (exact) mass is 218 g/mol. The van der Waals surface area contributed by atoms with Gasteiger partial charge in [0.2, 0.25) is 0 Å². The molecular weight excluding hydrogens is 200 g/mol. The van der Waals surface area contributed by atoms with E-state index in [1.807, 2.05) is 0 Å². The summed E-state index contributed by atoms with van der Waals surface area (Å²) >= 11 is 0. The topological polar surface area (TPSA) is 54.4 Å². The van der Waals surface area contributed by atoms with Crippen LogP contribution in [0.25, 0.3) is 0 Å². The van der Waals surface area contributed by atoms with E-state index in [2.05, 4.69) is 0 Å². The minimum Gasteiger partial charge on any atom is -0.390 e. The summed E-state index contributed by atoms with van der Waals surface area (Å²) in [5.41, 5.74) is -0.516. The average Bonchev–Trinajstić information content (AvgIpc) is 1.99. The Kier molecular flexibility index (Phi) is 2.60. The average molecular weight is 218 g/mol. The fourth-order valence-electron chi connectivity index (χ4n) is 2.61. The highest BCUT2D eigenvalue weighted by molar-refractivity contribution is 7.91. The minimum absolute atomic E-state index is 0.207. The second-order valence-corrected chi connectivity index (χ2v) is 7.13. The molecule has 0 aromatic heterocycles. The Labute approximate surface area is 85.4 Å². The van der Waals surface area contributed by atoms with Gasteiger partial charge in [-0.15, -0.1) is 0 Å². The molecule has 1 atom stereocenters. The summed E-state index contributed by atoms with van der Waals surface area (Å²) in [4.78, 5) is 0. The van der Waals surface area contributed by atoms with Crippen LogP contribution in [0.1, 0.15) is 38.5 Å². The third-order valence-electron chi connectivity index (χ3n) is 3.51. The summed E-state index contributed by atoms with van der Waals surface area (Å²) < 4.78 is 22.7. The summed E-state index contributed by atoms with van der Waals surface area (Å²) in [6.45, 7) is 0. The Hall–Kier alpha value is -0.0900. The molecule has 0 radical (unpaired) electrons. The zero-order valence-corrected chi connectivity index (χ0v) is 9.22. The fraction of sp³-hybridized carbons (Fsp3) is 1.00. The van der Waals surface area contributed by atoms with Crippen molar-refractivity contribution in [1.29, 1.82) is 0 Å². The van der Waals surface area contributed by atoms with Gasteiger partial charge in [0.25, 0.3) is 0 Å². The number of sulfone groups is 1. The van der Waals surface area contributed by atoms with Gasteiger partial charge in [-0.05, 0) is 44.4 Å². The molecule has 0 amide bonds. The second-order valence-electron chi connectivity index (χ2n) is 4.90. The van der Waals surface area contributed by atoms with Gasteiger partial charge in [-0.1, -0.05) is 0 Å². The van der Waals surface area contributed by atoms with Gasteiger partial charge < -0.3 is 5.11 Å². The summed E-state index contributed by atoms with van der Waals surface area (Å²) in [6.07, 6.45) is 5.28. The first-order chi connectivity index (χ1) is 6.49. The molecule has 0 aromatic rings. The molecule has 1 heterocycles. The first-order valence-corrected chi connectivity index (χ1v) is 7.24. The van der Waals surface area contributed by atoms with Crippen LogP contribution in [0.15, 0.2) is 0 Å². The molecule has 1 aliphatic carbocycles. The molecule has 2 fully saturated rings. The lowest BCUT2D eigenvalue weighted by Crippen LogP contribution is -2.41. The van der Waals surface area contributed by atoms with Crippen molar-refractivity contribution >= 4 is 9.84 Å². The smallest absolute Gasteiger partial charge is 0.150 e. The van der Waals surface area contributed by atoms with Crippen molar-refractivity contribution in [3.63, 3.8) is 0 Å². The predicted octanol–water partition coefficient (Wildman–Crippen LogP) is 1.12. The molecule has 1 unspecified atom stereocenters. The van der Waals surface area contributed by atoms with Crippen LogP contribution >= 0.6 is 0 Å². The van der Waals surface area contributed by atoms with Gasteiger partial charge in [0, 0.05) is 0 Å². The molecule has 1 aliphatic heterocycles. The van der Waals surface area contributed by atoms with Crippen LogP contribution in [0.3, 0.4) is 0 Å². The van der Waals surface area contributed by atoms with Crippen LogP contribution in [-0.4, -0.2) is 30.6 Å². The Bertz CT molecular complexity index is 303. The lowest BCUT2D eigenvalue weighted by Gasteiger charge is -2.40. The standard InChI is InChI=1S/C10H18O3S/c11-10(4-2-5-10)7-9-3-1-6-14(12,13)8-9/h9,11H,1-8H2. The van der Waals surface area contributed by atoms with E-state index in [0.717, 1.165) is 32.1 Å². The van der Waals surface area contributed by atoms with Crippen LogP contribution in [-0.2, 0) is 9.84 Å². The Morgan fingerprint density at radius 1 is 1.29 bits per heavy atom. The molecule has 0 bridgehead atoms. The molecule has 1 saturated carbocycles. The van der Waals surface area contributed by atoms with Gasteiger partial charge in [-0.2, -0.15) is 0 Å². The van der Waals surface area contributed by atoms with Crippen LogP contribution in [0.5, 0.6) is 0 Å². The van der Waals surface area contributed by atoms with Crippen molar-refractivity contribution < 1.29 is 13.5 Å². The molecule has 0 aromatic carbocycles. The number of aliphatic hydroxyl groups is 1. The molecule has 1 saturated heterocycles. The maximum Gasteiger partial charge on any atom is 0.150 e. The maximum absolute atomic E-state index is 11.4. The van der Waals surface area contributed by atoms with E-state index in [1.54, 1.807) is 0 Å². The fourth-order valence-corrected chi connectivity index (χ4v) is 4.38. The van der Waals surface area contributed by atoms with Crippen LogP contribution in [0.4, 0.5) is 0 Å². The first kappa shape index (κ1) is 10.4. The Morgan fingerprint density at radius 3 is 2.50 bits per heavy atom. The lowest BCUT2D eigenvalue weighted by molar-refractivity contribution is -0.0516. The number of hydrogen-bond acceptors (Lipinski definition) is 3. The first-order valence-electron chi connectivity index (χ1n) is 5.42. The normalized spacial score (nSPS) is 34.8. The van der Waals surface area contributed by atoms with E-state index in [0.29, 0.717) is 17.9 Å². The highest BCUT2D eigenvalue weighted by Crippen LogP contribution is 2.39. The van der Waals surface area contributed by atoms with Crippen LogP contribution in [0.2, 0.25) is 0 Å². The third-order valence-corrected chi connectivity index (χ3v) is 5.40. The van der Waals surface area contributed by atoms with Gasteiger partial charge in [0.1, 0.15) is 0 Å². The van der Waals surface area contributed by atoms with Crippen molar-refractivity contribution in [3.05, 3.63) is 0 Å². The van der Waals surface area contributed by atoms with Crippen molar-refractivity contribution in [3.8, 4) is 0 Å². The second kappa shape index (κ2) is 3.49. The quantitative estimate of drug-likeness (QED) is 0.755. The Morgan fingerprint density at radius 2 is 2.00 bits per heavy atom. The highest BCUT2D eigenvalue weighted by Gasteiger charge is 2.38. The van der Waals surface area contributed by atoms with Gasteiger partial charge in [-0.3, -0.25) is 0 Å². The van der Waals surface area contributed by atoms with Crippen LogP contribution in [0, 0.1) is 5.92 Å². The molecule has 2 rings (SSSR count).